The van der Waals surface area contributed by atoms with Crippen LogP contribution < -0.4 is 5.32 Å². The summed E-state index contributed by atoms with van der Waals surface area (Å²) in [6.45, 7) is 0.733. The molecule has 6 nitrogen and oxygen atoms in total. The molecule has 2 aromatic carbocycles. The van der Waals surface area contributed by atoms with Gasteiger partial charge in [-0.1, -0.05) is 29.5 Å². The predicted octanol–water partition coefficient (Wildman–Crippen LogP) is 2.61. The van der Waals surface area contributed by atoms with Crippen LogP contribution in [0.2, 0.25) is 0 Å². The molecule has 3 aromatic rings. The highest BCUT2D eigenvalue weighted by Crippen LogP contribution is 2.27. The van der Waals surface area contributed by atoms with E-state index in [-0.39, 0.29) is 30.4 Å². The fraction of sp³-hybridized carbons (Fsp3) is 0.316. The molecule has 1 fully saturated rings. The number of nitrogens with zero attached hydrogens (tertiary/aromatic N) is 3. The maximum absolute atomic E-state index is 13.3. The number of aromatic nitrogens is 3. The van der Waals surface area contributed by atoms with Crippen LogP contribution in [0.1, 0.15) is 24.4 Å². The Labute approximate surface area is 150 Å². The Hall–Kier alpha value is -2.80. The zero-order valence-corrected chi connectivity index (χ0v) is 14.1. The lowest BCUT2D eigenvalue weighted by molar-refractivity contribution is -0.123. The summed E-state index contributed by atoms with van der Waals surface area (Å²) in [7, 11) is 0. The van der Waals surface area contributed by atoms with Gasteiger partial charge in [-0.15, -0.1) is 5.10 Å². The lowest BCUT2D eigenvalue weighted by Crippen LogP contribution is -2.38. The van der Waals surface area contributed by atoms with E-state index in [9.17, 15) is 9.18 Å². The first-order chi connectivity index (χ1) is 12.7. The fourth-order valence-corrected chi connectivity index (χ4v) is 3.32. The van der Waals surface area contributed by atoms with Gasteiger partial charge in [0.25, 0.3) is 0 Å². The number of para-hydroxylation sites is 1. The van der Waals surface area contributed by atoms with Gasteiger partial charge in [0.05, 0.1) is 17.7 Å². The number of benzene rings is 2. The molecule has 1 amide bonds. The Bertz CT molecular complexity index is 903. The molecule has 0 aliphatic carbocycles. The van der Waals surface area contributed by atoms with Crippen LogP contribution in [0.4, 0.5) is 4.39 Å². The Balaban J connectivity index is 1.53. The number of ether oxygens (including phenoxy) is 1. The number of hydrogen-bond donors (Lipinski definition) is 1. The van der Waals surface area contributed by atoms with Crippen molar-refractivity contribution >= 4 is 16.9 Å². The molecule has 1 saturated heterocycles. The summed E-state index contributed by atoms with van der Waals surface area (Å²) in [4.78, 5) is 12.6. The quantitative estimate of drug-likeness (QED) is 0.765. The maximum atomic E-state index is 13.3. The summed E-state index contributed by atoms with van der Waals surface area (Å²) in [5.41, 5.74) is 2.38. The first-order valence-corrected chi connectivity index (χ1v) is 8.65. The molecule has 2 atom stereocenters. The zero-order chi connectivity index (χ0) is 17.9. The first-order valence-electron chi connectivity index (χ1n) is 8.65. The third kappa shape index (κ3) is 3.43. The van der Waals surface area contributed by atoms with Gasteiger partial charge in [-0.3, -0.25) is 4.79 Å². The van der Waals surface area contributed by atoms with Crippen LogP contribution in [0.25, 0.3) is 11.0 Å². The highest BCUT2D eigenvalue weighted by molar-refractivity contribution is 5.80. The predicted molar refractivity (Wildman–Crippen MR) is 93.8 cm³/mol. The molecule has 26 heavy (non-hydrogen) atoms. The summed E-state index contributed by atoms with van der Waals surface area (Å²) in [5.74, 6) is -0.495. The number of carbonyl (C=O) groups is 1. The van der Waals surface area contributed by atoms with Gasteiger partial charge in [-0.25, -0.2) is 9.07 Å². The summed E-state index contributed by atoms with van der Waals surface area (Å²) in [6.07, 6.45) is 1.69. The van der Waals surface area contributed by atoms with E-state index >= 15 is 0 Å². The normalized spacial score (nSPS) is 18.1. The third-order valence-corrected chi connectivity index (χ3v) is 4.60. The third-order valence-electron chi connectivity index (χ3n) is 4.60. The number of rotatable bonds is 5. The second-order valence-electron chi connectivity index (χ2n) is 6.38. The van der Waals surface area contributed by atoms with Gasteiger partial charge in [0.1, 0.15) is 17.9 Å². The van der Waals surface area contributed by atoms with Gasteiger partial charge in [0, 0.05) is 6.61 Å². The van der Waals surface area contributed by atoms with Crippen molar-refractivity contribution in [1.29, 1.82) is 0 Å². The molecule has 0 bridgehead atoms. The molecular weight excluding hydrogens is 335 g/mol. The standard InChI is InChI=1S/C19H19FN4O2/c20-14-9-7-13(8-10-14)19(17-6-3-11-26-17)21-18(25)12-24-16-5-2-1-4-15(16)22-23-24/h1-2,4-5,7-10,17,19H,3,6,11-12H2,(H,21,25). The second-order valence-corrected chi connectivity index (χ2v) is 6.38. The van der Waals surface area contributed by atoms with Crippen LogP contribution in [0.5, 0.6) is 0 Å². The molecule has 1 N–H and O–H groups in total. The van der Waals surface area contributed by atoms with Gasteiger partial charge >= 0.3 is 0 Å². The minimum atomic E-state index is -0.319. The van der Waals surface area contributed by atoms with E-state index < -0.39 is 0 Å². The van der Waals surface area contributed by atoms with E-state index in [4.69, 9.17) is 4.74 Å². The average molecular weight is 354 g/mol. The van der Waals surface area contributed by atoms with Crippen molar-refractivity contribution < 1.29 is 13.9 Å². The van der Waals surface area contributed by atoms with Crippen LogP contribution in [0.15, 0.2) is 48.5 Å². The highest BCUT2D eigenvalue weighted by Gasteiger charge is 2.29. The van der Waals surface area contributed by atoms with Gasteiger partial charge in [0.15, 0.2) is 0 Å². The number of hydrogen-bond acceptors (Lipinski definition) is 4. The van der Waals surface area contributed by atoms with Crippen molar-refractivity contribution in [2.45, 2.75) is 31.5 Å². The Kier molecular flexibility index (Phi) is 4.62. The molecule has 2 unspecified atom stereocenters. The highest BCUT2D eigenvalue weighted by atomic mass is 19.1. The van der Waals surface area contributed by atoms with Crippen molar-refractivity contribution in [3.05, 3.63) is 59.9 Å². The number of carbonyl (C=O) groups excluding carboxylic acids is 1. The molecular formula is C19H19FN4O2. The van der Waals surface area contributed by atoms with E-state index in [1.165, 1.54) is 12.1 Å². The summed E-state index contributed by atoms with van der Waals surface area (Å²) >= 11 is 0. The van der Waals surface area contributed by atoms with Crippen LogP contribution in [-0.4, -0.2) is 33.6 Å². The van der Waals surface area contributed by atoms with E-state index in [0.717, 1.165) is 29.4 Å². The molecule has 0 saturated carbocycles. The van der Waals surface area contributed by atoms with Crippen molar-refractivity contribution in [2.75, 3.05) is 6.61 Å². The van der Waals surface area contributed by atoms with E-state index in [1.807, 2.05) is 24.3 Å². The molecule has 2 heterocycles. The SMILES string of the molecule is O=C(Cn1nnc2ccccc21)NC(c1ccc(F)cc1)C1CCCO1. The first kappa shape index (κ1) is 16.7. The second kappa shape index (κ2) is 7.21. The molecule has 134 valence electrons. The van der Waals surface area contributed by atoms with Crippen molar-refractivity contribution in [3.8, 4) is 0 Å². The number of amides is 1. The topological polar surface area (TPSA) is 69.0 Å². The molecule has 4 rings (SSSR count). The maximum Gasteiger partial charge on any atom is 0.242 e. The van der Waals surface area contributed by atoms with E-state index in [1.54, 1.807) is 16.8 Å². The smallest absolute Gasteiger partial charge is 0.242 e. The van der Waals surface area contributed by atoms with Gasteiger partial charge in [0.2, 0.25) is 5.91 Å². The van der Waals surface area contributed by atoms with Crippen molar-refractivity contribution in [2.24, 2.45) is 0 Å². The Morgan fingerprint density at radius 1 is 1.27 bits per heavy atom. The van der Waals surface area contributed by atoms with E-state index in [2.05, 4.69) is 15.6 Å². The molecule has 0 spiro atoms. The monoisotopic (exact) mass is 354 g/mol. The number of nitrogens with one attached hydrogen (secondary N) is 1. The summed E-state index contributed by atoms with van der Waals surface area (Å²) in [6, 6.07) is 13.3. The largest absolute Gasteiger partial charge is 0.376 e. The molecule has 0 radical (unpaired) electrons. The fourth-order valence-electron chi connectivity index (χ4n) is 3.32. The number of fused-ring (bicyclic) bond motifs is 1. The Morgan fingerprint density at radius 2 is 2.08 bits per heavy atom. The zero-order valence-electron chi connectivity index (χ0n) is 14.1. The molecule has 1 aliphatic rings. The summed E-state index contributed by atoms with van der Waals surface area (Å²) in [5, 5.41) is 11.1. The average Bonchev–Trinajstić information content (AvgIpc) is 3.31. The van der Waals surface area contributed by atoms with Gasteiger partial charge in [-0.05, 0) is 42.7 Å². The van der Waals surface area contributed by atoms with Crippen LogP contribution in [0, 0.1) is 5.82 Å². The van der Waals surface area contributed by atoms with Crippen LogP contribution in [-0.2, 0) is 16.1 Å². The Morgan fingerprint density at radius 3 is 2.85 bits per heavy atom. The molecule has 1 aliphatic heterocycles. The lowest BCUT2D eigenvalue weighted by atomic mass is 9.99. The molecule has 7 heteroatoms. The van der Waals surface area contributed by atoms with Crippen LogP contribution in [0.3, 0.4) is 0 Å². The van der Waals surface area contributed by atoms with E-state index in [0.29, 0.717) is 6.61 Å². The van der Waals surface area contributed by atoms with Crippen LogP contribution >= 0.6 is 0 Å². The molecule has 1 aromatic heterocycles. The van der Waals surface area contributed by atoms with Crippen molar-refractivity contribution in [1.82, 2.24) is 20.3 Å². The van der Waals surface area contributed by atoms with Gasteiger partial charge < -0.3 is 10.1 Å². The summed E-state index contributed by atoms with van der Waals surface area (Å²) < 4.78 is 20.6. The van der Waals surface area contributed by atoms with Gasteiger partial charge in [-0.2, -0.15) is 0 Å². The minimum Gasteiger partial charge on any atom is -0.376 e. The number of halogens is 1. The van der Waals surface area contributed by atoms with Crippen molar-refractivity contribution in [3.63, 3.8) is 0 Å². The lowest BCUT2D eigenvalue weighted by Gasteiger charge is -2.24. The minimum absolute atomic E-state index is 0.0604.